The maximum Gasteiger partial charge on any atom is 0.327 e. The fourth-order valence-electron chi connectivity index (χ4n) is 0.674. The quantitative estimate of drug-likeness (QED) is 0.359. The first-order valence-corrected chi connectivity index (χ1v) is 3.60. The molecule has 0 heterocycles. The summed E-state index contributed by atoms with van der Waals surface area (Å²) < 4.78 is 0. The summed E-state index contributed by atoms with van der Waals surface area (Å²) in [6.45, 7) is 0. The Labute approximate surface area is 65.7 Å². The van der Waals surface area contributed by atoms with Crippen LogP contribution in [0.1, 0.15) is 25.7 Å². The number of carboxylic acid groups (broad SMARTS) is 1. The molecule has 0 aliphatic carbocycles. The smallest absolute Gasteiger partial charge is 0.327 e. The van der Waals surface area contributed by atoms with Crippen LogP contribution in [0.15, 0.2) is 12.2 Å². The molecule has 0 saturated carbocycles. The fourth-order valence-corrected chi connectivity index (χ4v) is 0.674. The summed E-state index contributed by atoms with van der Waals surface area (Å²) in [4.78, 5) is 19.8. The molecule has 0 unspecified atom stereocenters. The molecule has 1 N–H and O–H groups in total. The number of carbonyl (C=O) groups excluding carboxylic acids is 1. The van der Waals surface area contributed by atoms with Crippen molar-refractivity contribution in [2.45, 2.75) is 25.7 Å². The van der Waals surface area contributed by atoms with Gasteiger partial charge in [0.1, 0.15) is 6.29 Å². The Bertz CT molecular complexity index is 149. The van der Waals surface area contributed by atoms with Crippen molar-refractivity contribution < 1.29 is 14.7 Å². The molecule has 0 radical (unpaired) electrons. The van der Waals surface area contributed by atoms with Gasteiger partial charge >= 0.3 is 5.97 Å². The number of hydrogen-bond acceptors (Lipinski definition) is 2. The molecule has 0 amide bonds. The second-order valence-electron chi connectivity index (χ2n) is 2.19. The van der Waals surface area contributed by atoms with Crippen LogP contribution in [-0.2, 0) is 9.59 Å². The van der Waals surface area contributed by atoms with Gasteiger partial charge in [-0.25, -0.2) is 4.79 Å². The highest BCUT2D eigenvalue weighted by Gasteiger charge is 1.86. The predicted octanol–water partition coefficient (Wildman–Crippen LogP) is 1.39. The number of hydrogen-bond donors (Lipinski definition) is 1. The zero-order valence-electron chi connectivity index (χ0n) is 6.32. The minimum atomic E-state index is -0.916. The van der Waals surface area contributed by atoms with Crippen molar-refractivity contribution in [3.05, 3.63) is 12.2 Å². The third-order valence-corrected chi connectivity index (χ3v) is 1.20. The Balaban J connectivity index is 3.13. The highest BCUT2D eigenvalue weighted by Crippen LogP contribution is 1.98. The van der Waals surface area contributed by atoms with E-state index in [1.54, 1.807) is 6.08 Å². The third-order valence-electron chi connectivity index (χ3n) is 1.20. The van der Waals surface area contributed by atoms with Crippen LogP contribution in [0.25, 0.3) is 0 Å². The maximum atomic E-state index is 9.95. The second kappa shape index (κ2) is 6.99. The first kappa shape index (κ1) is 9.88. The van der Waals surface area contributed by atoms with Crippen LogP contribution in [0, 0.1) is 0 Å². The van der Waals surface area contributed by atoms with E-state index in [1.807, 2.05) is 0 Å². The van der Waals surface area contributed by atoms with Gasteiger partial charge in [0, 0.05) is 12.5 Å². The number of rotatable bonds is 6. The van der Waals surface area contributed by atoms with Gasteiger partial charge in [-0.3, -0.25) is 0 Å². The molecule has 0 saturated heterocycles. The van der Waals surface area contributed by atoms with Gasteiger partial charge in [-0.15, -0.1) is 0 Å². The summed E-state index contributed by atoms with van der Waals surface area (Å²) in [7, 11) is 0. The molecule has 3 nitrogen and oxygen atoms in total. The maximum absolute atomic E-state index is 9.95. The van der Waals surface area contributed by atoms with Crippen LogP contribution < -0.4 is 0 Å². The number of carbonyl (C=O) groups is 2. The van der Waals surface area contributed by atoms with E-state index in [1.165, 1.54) is 0 Å². The van der Waals surface area contributed by atoms with Crippen LogP contribution in [0.2, 0.25) is 0 Å². The molecule has 0 spiro atoms. The number of unbranched alkanes of at least 4 members (excludes halogenated alkanes) is 3. The first-order chi connectivity index (χ1) is 5.27. The Morgan fingerprint density at radius 2 is 1.91 bits per heavy atom. The number of carboxylic acids is 1. The molecule has 0 aliphatic heterocycles. The summed E-state index contributed by atoms with van der Waals surface area (Å²) in [5, 5.41) is 8.17. The molecule has 11 heavy (non-hydrogen) atoms. The molecule has 3 heteroatoms. The lowest BCUT2D eigenvalue weighted by Gasteiger charge is -1.89. The van der Waals surface area contributed by atoms with Gasteiger partial charge in [0.25, 0.3) is 0 Å². The molecule has 0 fully saturated rings. The minimum Gasteiger partial charge on any atom is -0.478 e. The minimum absolute atomic E-state index is 0.570. The summed E-state index contributed by atoms with van der Waals surface area (Å²) in [6.07, 6.45) is 6.63. The molecule has 0 aromatic heterocycles. The molecule has 0 rings (SSSR count). The van der Waals surface area contributed by atoms with Gasteiger partial charge in [0.15, 0.2) is 0 Å². The van der Waals surface area contributed by atoms with Crippen LogP contribution in [0.4, 0.5) is 0 Å². The molecule has 0 aliphatic rings. The Morgan fingerprint density at radius 3 is 2.45 bits per heavy atom. The van der Waals surface area contributed by atoms with Crippen molar-refractivity contribution in [2.24, 2.45) is 0 Å². The average Bonchev–Trinajstić information content (AvgIpc) is 1.96. The molecule has 0 aromatic carbocycles. The van der Waals surface area contributed by atoms with E-state index in [0.717, 1.165) is 31.6 Å². The number of allylic oxidation sites excluding steroid dienone is 1. The standard InChI is InChI=1S/C8H12O3/c9-7-5-3-1-2-4-6-8(10)11/h4,6-7H,1-3,5H2,(H,10,11). The van der Waals surface area contributed by atoms with Gasteiger partial charge in [-0.05, 0) is 19.3 Å². The Kier molecular flexibility index (Phi) is 6.28. The molecule has 0 aromatic rings. The first-order valence-electron chi connectivity index (χ1n) is 3.60. The summed E-state index contributed by atoms with van der Waals surface area (Å²) in [5.74, 6) is -0.916. The highest BCUT2D eigenvalue weighted by atomic mass is 16.4. The van der Waals surface area contributed by atoms with Gasteiger partial charge in [-0.1, -0.05) is 6.08 Å². The van der Waals surface area contributed by atoms with Crippen molar-refractivity contribution in [1.29, 1.82) is 0 Å². The lowest BCUT2D eigenvalue weighted by molar-refractivity contribution is -0.131. The number of aliphatic carboxylic acids is 1. The van der Waals surface area contributed by atoms with Crippen molar-refractivity contribution in [2.75, 3.05) is 0 Å². The lowest BCUT2D eigenvalue weighted by Crippen LogP contribution is -1.85. The Morgan fingerprint density at radius 1 is 1.27 bits per heavy atom. The van der Waals surface area contributed by atoms with Gasteiger partial charge in [0.05, 0.1) is 0 Å². The van der Waals surface area contributed by atoms with Gasteiger partial charge in [0.2, 0.25) is 0 Å². The van der Waals surface area contributed by atoms with Gasteiger partial charge in [-0.2, -0.15) is 0 Å². The third kappa shape index (κ3) is 8.88. The average molecular weight is 156 g/mol. The SMILES string of the molecule is O=CCCCCC=CC(=O)O. The van der Waals surface area contributed by atoms with Crippen molar-refractivity contribution in [1.82, 2.24) is 0 Å². The summed E-state index contributed by atoms with van der Waals surface area (Å²) in [6, 6.07) is 0. The molecular weight excluding hydrogens is 144 g/mol. The topological polar surface area (TPSA) is 54.4 Å². The van der Waals surface area contributed by atoms with Crippen molar-refractivity contribution in [3.8, 4) is 0 Å². The normalized spacial score (nSPS) is 10.2. The Hall–Kier alpha value is -1.12. The van der Waals surface area contributed by atoms with E-state index < -0.39 is 5.97 Å². The van der Waals surface area contributed by atoms with E-state index in [4.69, 9.17) is 5.11 Å². The predicted molar refractivity (Wildman–Crippen MR) is 41.3 cm³/mol. The van der Waals surface area contributed by atoms with Crippen LogP contribution >= 0.6 is 0 Å². The van der Waals surface area contributed by atoms with E-state index in [0.29, 0.717) is 6.42 Å². The zero-order valence-corrected chi connectivity index (χ0v) is 6.32. The van der Waals surface area contributed by atoms with Crippen LogP contribution in [-0.4, -0.2) is 17.4 Å². The molecule has 62 valence electrons. The van der Waals surface area contributed by atoms with E-state index in [2.05, 4.69) is 0 Å². The highest BCUT2D eigenvalue weighted by molar-refractivity contribution is 5.79. The largest absolute Gasteiger partial charge is 0.478 e. The van der Waals surface area contributed by atoms with Crippen molar-refractivity contribution >= 4 is 12.3 Å². The zero-order chi connectivity index (χ0) is 8.53. The van der Waals surface area contributed by atoms with E-state index in [9.17, 15) is 9.59 Å². The van der Waals surface area contributed by atoms with Crippen molar-refractivity contribution in [3.63, 3.8) is 0 Å². The molecule has 0 atom stereocenters. The second-order valence-corrected chi connectivity index (χ2v) is 2.19. The van der Waals surface area contributed by atoms with Crippen LogP contribution in [0.5, 0.6) is 0 Å². The monoisotopic (exact) mass is 156 g/mol. The fraction of sp³-hybridized carbons (Fsp3) is 0.500. The van der Waals surface area contributed by atoms with E-state index in [-0.39, 0.29) is 0 Å². The molecule has 0 bridgehead atoms. The molecular formula is C8H12O3. The number of aldehydes is 1. The summed E-state index contributed by atoms with van der Waals surface area (Å²) in [5.41, 5.74) is 0. The van der Waals surface area contributed by atoms with Gasteiger partial charge < -0.3 is 9.90 Å². The van der Waals surface area contributed by atoms with E-state index >= 15 is 0 Å². The lowest BCUT2D eigenvalue weighted by atomic mass is 10.2. The van der Waals surface area contributed by atoms with Crippen LogP contribution in [0.3, 0.4) is 0 Å². The summed E-state index contributed by atoms with van der Waals surface area (Å²) >= 11 is 0.